The van der Waals surface area contributed by atoms with E-state index in [1.165, 1.54) is 56.6 Å². The Morgan fingerprint density at radius 3 is 3.00 bits per heavy atom. The average molecular weight is 241 g/mol. The molecule has 0 aromatic heterocycles. The van der Waals surface area contributed by atoms with E-state index in [9.17, 15) is 0 Å². The van der Waals surface area contributed by atoms with Gasteiger partial charge in [0.15, 0.2) is 0 Å². The van der Waals surface area contributed by atoms with Crippen LogP contribution in [-0.2, 0) is 4.74 Å². The monoisotopic (exact) mass is 241 g/mol. The van der Waals surface area contributed by atoms with Gasteiger partial charge in [-0.2, -0.15) is 11.8 Å². The summed E-state index contributed by atoms with van der Waals surface area (Å²) in [5.74, 6) is 3.59. The molecule has 1 saturated carbocycles. The zero-order valence-corrected chi connectivity index (χ0v) is 10.9. The van der Waals surface area contributed by atoms with Gasteiger partial charge in [-0.15, -0.1) is 0 Å². The van der Waals surface area contributed by atoms with E-state index >= 15 is 0 Å². The summed E-state index contributed by atoms with van der Waals surface area (Å²) in [5, 5.41) is 3.75. The third kappa shape index (κ3) is 2.74. The Kier molecular flexibility index (Phi) is 3.46. The molecule has 2 unspecified atom stereocenters. The molecule has 2 nitrogen and oxygen atoms in total. The smallest absolute Gasteiger partial charge is 0.0795 e. The van der Waals surface area contributed by atoms with Gasteiger partial charge >= 0.3 is 0 Å². The molecule has 92 valence electrons. The summed E-state index contributed by atoms with van der Waals surface area (Å²) in [6.45, 7) is 2.21. The van der Waals surface area contributed by atoms with E-state index in [0.717, 1.165) is 18.6 Å². The van der Waals surface area contributed by atoms with E-state index in [2.05, 4.69) is 17.1 Å². The van der Waals surface area contributed by atoms with Gasteiger partial charge in [-0.05, 0) is 43.9 Å². The van der Waals surface area contributed by atoms with Gasteiger partial charge in [0, 0.05) is 18.4 Å². The van der Waals surface area contributed by atoms with E-state index in [1.807, 2.05) is 0 Å². The summed E-state index contributed by atoms with van der Waals surface area (Å²) in [6, 6.07) is 0.728. The minimum atomic E-state index is 0.250. The second-order valence-corrected chi connectivity index (χ2v) is 6.82. The van der Waals surface area contributed by atoms with E-state index in [1.54, 1.807) is 0 Å². The Bertz CT molecular complexity index is 236. The highest BCUT2D eigenvalue weighted by molar-refractivity contribution is 7.99. The summed E-state index contributed by atoms with van der Waals surface area (Å²) < 4.78 is 6.04. The first-order valence-electron chi connectivity index (χ1n) is 6.81. The number of nitrogens with one attached hydrogen (secondary N) is 1. The van der Waals surface area contributed by atoms with Crippen LogP contribution in [0.3, 0.4) is 0 Å². The highest BCUT2D eigenvalue weighted by Crippen LogP contribution is 2.38. The molecule has 16 heavy (non-hydrogen) atoms. The molecule has 3 heteroatoms. The van der Waals surface area contributed by atoms with Crippen LogP contribution in [0, 0.1) is 5.92 Å². The zero-order valence-electron chi connectivity index (χ0n) is 10.0. The van der Waals surface area contributed by atoms with Crippen molar-refractivity contribution in [3.63, 3.8) is 0 Å². The third-order valence-electron chi connectivity index (χ3n) is 4.24. The first-order chi connectivity index (χ1) is 7.86. The lowest BCUT2D eigenvalue weighted by Gasteiger charge is -2.38. The molecule has 1 spiro atoms. The lowest BCUT2D eigenvalue weighted by atomic mass is 9.90. The fourth-order valence-corrected chi connectivity index (χ4v) is 4.34. The summed E-state index contributed by atoms with van der Waals surface area (Å²) in [5.41, 5.74) is 0.250. The molecule has 0 bridgehead atoms. The van der Waals surface area contributed by atoms with E-state index in [4.69, 9.17) is 4.74 Å². The summed E-state index contributed by atoms with van der Waals surface area (Å²) in [7, 11) is 0. The van der Waals surface area contributed by atoms with Gasteiger partial charge in [0.2, 0.25) is 0 Å². The van der Waals surface area contributed by atoms with Crippen LogP contribution >= 0.6 is 11.8 Å². The highest BCUT2D eigenvalue weighted by Gasteiger charge is 2.40. The lowest BCUT2D eigenvalue weighted by molar-refractivity contribution is -0.0700. The van der Waals surface area contributed by atoms with Gasteiger partial charge < -0.3 is 10.1 Å². The second-order valence-electron chi connectivity index (χ2n) is 5.71. The molecular formula is C13H23NOS. The molecule has 2 saturated heterocycles. The zero-order chi connectivity index (χ0) is 10.8. The SMILES string of the molecule is C(CC1CC1)NC1CCOC2(CCSC2)C1. The molecule has 3 aliphatic rings. The Hall–Kier alpha value is 0.270. The minimum Gasteiger partial charge on any atom is -0.374 e. The molecule has 0 radical (unpaired) electrons. The average Bonchev–Trinajstić information content (AvgIpc) is 3.01. The Labute approximate surface area is 103 Å². The van der Waals surface area contributed by atoms with Crippen molar-refractivity contribution in [2.75, 3.05) is 24.7 Å². The van der Waals surface area contributed by atoms with Gasteiger partial charge in [0.1, 0.15) is 0 Å². The number of rotatable bonds is 4. The maximum atomic E-state index is 6.04. The first-order valence-corrected chi connectivity index (χ1v) is 7.97. The fraction of sp³-hybridized carbons (Fsp3) is 1.00. The number of hydrogen-bond donors (Lipinski definition) is 1. The van der Waals surface area contributed by atoms with E-state index < -0.39 is 0 Å². The summed E-state index contributed by atoms with van der Waals surface area (Å²) >= 11 is 2.07. The fourth-order valence-electron chi connectivity index (χ4n) is 2.96. The standard InChI is InChI=1S/C13H23NOS/c1-2-11(1)3-6-14-12-4-7-15-13(9-12)5-8-16-10-13/h11-12,14H,1-10H2. The van der Waals surface area contributed by atoms with Gasteiger partial charge in [0.05, 0.1) is 5.60 Å². The van der Waals surface area contributed by atoms with Crippen LogP contribution in [0.5, 0.6) is 0 Å². The number of ether oxygens (including phenoxy) is 1. The van der Waals surface area contributed by atoms with Crippen molar-refractivity contribution >= 4 is 11.8 Å². The molecule has 0 aromatic rings. The van der Waals surface area contributed by atoms with E-state index in [-0.39, 0.29) is 5.60 Å². The predicted octanol–water partition coefficient (Wildman–Crippen LogP) is 2.43. The van der Waals surface area contributed by atoms with Gasteiger partial charge in [0.25, 0.3) is 0 Å². The summed E-state index contributed by atoms with van der Waals surface area (Å²) in [6.07, 6.45) is 8.12. The Morgan fingerprint density at radius 2 is 2.25 bits per heavy atom. The number of thioether (sulfide) groups is 1. The quantitative estimate of drug-likeness (QED) is 0.817. The van der Waals surface area contributed by atoms with Crippen molar-refractivity contribution in [1.29, 1.82) is 0 Å². The van der Waals surface area contributed by atoms with Crippen LogP contribution < -0.4 is 5.32 Å². The second kappa shape index (κ2) is 4.87. The van der Waals surface area contributed by atoms with Crippen molar-refractivity contribution in [2.45, 2.75) is 50.2 Å². The van der Waals surface area contributed by atoms with Crippen LogP contribution in [0.2, 0.25) is 0 Å². The van der Waals surface area contributed by atoms with E-state index in [0.29, 0.717) is 0 Å². The molecule has 2 atom stereocenters. The normalized spacial score (nSPS) is 39.4. The van der Waals surface area contributed by atoms with Crippen molar-refractivity contribution < 1.29 is 4.74 Å². The van der Waals surface area contributed by atoms with Gasteiger partial charge in [-0.3, -0.25) is 0 Å². The van der Waals surface area contributed by atoms with Crippen LogP contribution in [0.1, 0.15) is 38.5 Å². The lowest BCUT2D eigenvalue weighted by Crippen LogP contribution is -2.47. The molecule has 1 N–H and O–H groups in total. The molecule has 0 amide bonds. The molecule has 2 aliphatic heterocycles. The molecule has 3 fully saturated rings. The molecule has 3 rings (SSSR count). The molecular weight excluding hydrogens is 218 g/mol. The highest BCUT2D eigenvalue weighted by atomic mass is 32.2. The Morgan fingerprint density at radius 1 is 1.31 bits per heavy atom. The largest absolute Gasteiger partial charge is 0.374 e. The minimum absolute atomic E-state index is 0.250. The third-order valence-corrected chi connectivity index (χ3v) is 5.47. The van der Waals surface area contributed by atoms with Crippen LogP contribution in [0.25, 0.3) is 0 Å². The number of hydrogen-bond acceptors (Lipinski definition) is 3. The van der Waals surface area contributed by atoms with Gasteiger partial charge in [-0.25, -0.2) is 0 Å². The predicted molar refractivity (Wildman–Crippen MR) is 69.0 cm³/mol. The van der Waals surface area contributed by atoms with Crippen molar-refractivity contribution in [3.8, 4) is 0 Å². The molecule has 2 heterocycles. The van der Waals surface area contributed by atoms with Crippen molar-refractivity contribution in [2.24, 2.45) is 5.92 Å². The van der Waals surface area contributed by atoms with Crippen LogP contribution in [-0.4, -0.2) is 36.3 Å². The topological polar surface area (TPSA) is 21.3 Å². The van der Waals surface area contributed by atoms with Gasteiger partial charge in [-0.1, -0.05) is 12.8 Å². The van der Waals surface area contributed by atoms with Crippen LogP contribution in [0.15, 0.2) is 0 Å². The van der Waals surface area contributed by atoms with Crippen molar-refractivity contribution in [1.82, 2.24) is 5.32 Å². The van der Waals surface area contributed by atoms with Crippen LogP contribution in [0.4, 0.5) is 0 Å². The first kappa shape index (κ1) is 11.4. The maximum Gasteiger partial charge on any atom is 0.0795 e. The Balaban J connectivity index is 1.43. The maximum absolute atomic E-state index is 6.04. The van der Waals surface area contributed by atoms with Crippen molar-refractivity contribution in [3.05, 3.63) is 0 Å². The summed E-state index contributed by atoms with van der Waals surface area (Å²) in [4.78, 5) is 0. The molecule has 1 aliphatic carbocycles. The molecule has 0 aromatic carbocycles.